The molecule has 3 heterocycles. The minimum atomic E-state index is 0.189. The van der Waals surface area contributed by atoms with Gasteiger partial charge in [-0.25, -0.2) is 0 Å². The Bertz CT molecular complexity index is 917. The average molecular weight is 367 g/mol. The molecule has 9 nitrogen and oxygen atoms in total. The van der Waals surface area contributed by atoms with Gasteiger partial charge in [0.25, 0.3) is 0 Å². The summed E-state index contributed by atoms with van der Waals surface area (Å²) in [6, 6.07) is 11.6. The van der Waals surface area contributed by atoms with E-state index < -0.39 is 0 Å². The van der Waals surface area contributed by atoms with E-state index >= 15 is 0 Å². The largest absolute Gasteiger partial charge is 0.497 e. The van der Waals surface area contributed by atoms with E-state index in [1.807, 2.05) is 41.3 Å². The molecular weight excluding hydrogens is 346 g/mol. The molecule has 1 amide bonds. The summed E-state index contributed by atoms with van der Waals surface area (Å²) in [7, 11) is 1.65. The van der Waals surface area contributed by atoms with Crippen LogP contribution >= 0.6 is 0 Å². The fourth-order valence-corrected chi connectivity index (χ4v) is 3.20. The lowest BCUT2D eigenvalue weighted by Gasteiger charge is -2.35. The van der Waals surface area contributed by atoms with Crippen LogP contribution in [0.2, 0.25) is 0 Å². The maximum absolute atomic E-state index is 12.5. The molecule has 1 aromatic carbocycles. The molecule has 1 aliphatic heterocycles. The van der Waals surface area contributed by atoms with Gasteiger partial charge < -0.3 is 14.5 Å². The van der Waals surface area contributed by atoms with Crippen molar-refractivity contribution < 1.29 is 9.53 Å². The van der Waals surface area contributed by atoms with Crippen molar-refractivity contribution in [3.05, 3.63) is 42.0 Å². The Morgan fingerprint density at radius 2 is 1.85 bits per heavy atom. The first-order chi connectivity index (χ1) is 13.2. The molecular formula is C18H21N7O2. The average Bonchev–Trinajstić information content (AvgIpc) is 3.20. The van der Waals surface area contributed by atoms with Gasteiger partial charge in [0.1, 0.15) is 5.75 Å². The molecule has 0 radical (unpaired) electrons. The van der Waals surface area contributed by atoms with E-state index in [0.717, 1.165) is 36.6 Å². The number of aryl methyl sites for hydroxylation is 1. The summed E-state index contributed by atoms with van der Waals surface area (Å²) in [5.41, 5.74) is 1.76. The molecule has 4 rings (SSSR count). The Labute approximate surface area is 156 Å². The molecule has 140 valence electrons. The molecule has 0 unspecified atom stereocenters. The van der Waals surface area contributed by atoms with Gasteiger partial charge in [-0.2, -0.15) is 0 Å². The number of piperazine rings is 1. The normalized spacial score (nSPS) is 14.6. The van der Waals surface area contributed by atoms with Crippen molar-refractivity contribution in [3.8, 4) is 5.75 Å². The van der Waals surface area contributed by atoms with Crippen LogP contribution in [-0.2, 0) is 11.2 Å². The van der Waals surface area contributed by atoms with E-state index in [-0.39, 0.29) is 5.91 Å². The molecule has 3 aromatic rings. The summed E-state index contributed by atoms with van der Waals surface area (Å²) >= 11 is 0. The van der Waals surface area contributed by atoms with Crippen molar-refractivity contribution in [2.45, 2.75) is 12.8 Å². The number of methoxy groups -OCH3 is 1. The molecule has 0 saturated carbocycles. The maximum Gasteiger partial charge on any atom is 0.223 e. The van der Waals surface area contributed by atoms with E-state index in [0.29, 0.717) is 25.2 Å². The highest BCUT2D eigenvalue weighted by Gasteiger charge is 2.22. The van der Waals surface area contributed by atoms with Crippen molar-refractivity contribution in [1.82, 2.24) is 30.2 Å². The van der Waals surface area contributed by atoms with E-state index in [1.54, 1.807) is 7.11 Å². The van der Waals surface area contributed by atoms with Crippen LogP contribution in [0.1, 0.15) is 12.0 Å². The predicted octanol–water partition coefficient (Wildman–Crippen LogP) is 0.809. The Morgan fingerprint density at radius 3 is 2.59 bits per heavy atom. The summed E-state index contributed by atoms with van der Waals surface area (Å²) in [4.78, 5) is 16.6. The highest BCUT2D eigenvalue weighted by Crippen LogP contribution is 2.16. The number of hydrogen-bond donors (Lipinski definition) is 0. The summed E-state index contributed by atoms with van der Waals surface area (Å²) in [6.45, 7) is 2.87. The number of tetrazole rings is 1. The van der Waals surface area contributed by atoms with E-state index in [1.165, 1.54) is 4.63 Å². The van der Waals surface area contributed by atoms with Crippen molar-refractivity contribution >= 4 is 17.4 Å². The lowest BCUT2D eigenvalue weighted by molar-refractivity contribution is -0.131. The third-order valence-electron chi connectivity index (χ3n) is 4.80. The topological polar surface area (TPSA) is 88.8 Å². The minimum Gasteiger partial charge on any atom is -0.497 e. The summed E-state index contributed by atoms with van der Waals surface area (Å²) < 4.78 is 6.58. The zero-order valence-corrected chi connectivity index (χ0v) is 15.2. The summed E-state index contributed by atoms with van der Waals surface area (Å²) in [6.07, 6.45) is 1.25. The number of amides is 1. The number of nitrogens with zero attached hydrogens (tertiary/aromatic N) is 7. The Hall–Kier alpha value is -3.23. The monoisotopic (exact) mass is 367 g/mol. The van der Waals surface area contributed by atoms with E-state index in [9.17, 15) is 4.79 Å². The second-order valence-corrected chi connectivity index (χ2v) is 6.43. The van der Waals surface area contributed by atoms with Gasteiger partial charge in [0.05, 0.1) is 7.11 Å². The maximum atomic E-state index is 12.5. The molecule has 0 aliphatic carbocycles. The van der Waals surface area contributed by atoms with Crippen LogP contribution in [0.15, 0.2) is 36.4 Å². The van der Waals surface area contributed by atoms with Gasteiger partial charge in [0.2, 0.25) is 5.91 Å². The zero-order valence-electron chi connectivity index (χ0n) is 15.2. The third kappa shape index (κ3) is 3.81. The second-order valence-electron chi connectivity index (χ2n) is 6.43. The van der Waals surface area contributed by atoms with Crippen LogP contribution in [-0.4, -0.2) is 69.4 Å². The summed E-state index contributed by atoms with van der Waals surface area (Å²) in [5, 5.41) is 15.7. The number of carbonyl (C=O) groups is 1. The van der Waals surface area contributed by atoms with Gasteiger partial charge >= 0.3 is 0 Å². The van der Waals surface area contributed by atoms with E-state index in [4.69, 9.17) is 4.74 Å². The highest BCUT2D eigenvalue weighted by atomic mass is 16.5. The fraction of sp³-hybridized carbons (Fsp3) is 0.389. The molecule has 1 fully saturated rings. The molecule has 0 bridgehead atoms. The summed E-state index contributed by atoms with van der Waals surface area (Å²) in [5.74, 6) is 1.84. The quantitative estimate of drug-likeness (QED) is 0.659. The standard InChI is InChI=1S/C18H21N7O2/c1-27-15-5-2-14(3-6-15)4-9-18(26)24-12-10-23(11-13-24)17-8-7-16-19-21-22-25(16)20-17/h2-3,5-8H,4,9-13H2,1H3. The number of ether oxygens (including phenoxy) is 1. The molecule has 1 saturated heterocycles. The number of hydrogen-bond acceptors (Lipinski definition) is 7. The van der Waals surface area contributed by atoms with Crippen LogP contribution in [0.4, 0.5) is 5.82 Å². The Morgan fingerprint density at radius 1 is 1.07 bits per heavy atom. The molecule has 1 aliphatic rings. The molecule has 0 N–H and O–H groups in total. The smallest absolute Gasteiger partial charge is 0.223 e. The van der Waals surface area contributed by atoms with Gasteiger partial charge in [0, 0.05) is 32.6 Å². The van der Waals surface area contributed by atoms with Crippen LogP contribution < -0.4 is 9.64 Å². The molecule has 0 spiro atoms. The third-order valence-corrected chi connectivity index (χ3v) is 4.80. The van der Waals surface area contributed by atoms with Gasteiger partial charge in [0.15, 0.2) is 11.5 Å². The van der Waals surface area contributed by atoms with Gasteiger partial charge in [-0.15, -0.1) is 14.8 Å². The highest BCUT2D eigenvalue weighted by molar-refractivity contribution is 5.76. The van der Waals surface area contributed by atoms with Gasteiger partial charge in [-0.05, 0) is 46.7 Å². The van der Waals surface area contributed by atoms with Crippen molar-refractivity contribution in [1.29, 1.82) is 0 Å². The Balaban J connectivity index is 1.29. The van der Waals surface area contributed by atoms with E-state index in [2.05, 4.69) is 25.5 Å². The number of aromatic nitrogens is 5. The van der Waals surface area contributed by atoms with Crippen LogP contribution in [0.3, 0.4) is 0 Å². The molecule has 9 heteroatoms. The molecule has 2 aromatic heterocycles. The van der Waals surface area contributed by atoms with Crippen LogP contribution in [0.25, 0.3) is 5.65 Å². The second kappa shape index (κ2) is 7.56. The first-order valence-corrected chi connectivity index (χ1v) is 8.94. The van der Waals surface area contributed by atoms with Gasteiger partial charge in [-0.3, -0.25) is 4.79 Å². The number of anilines is 1. The first kappa shape index (κ1) is 17.2. The van der Waals surface area contributed by atoms with Crippen LogP contribution in [0.5, 0.6) is 5.75 Å². The predicted molar refractivity (Wildman–Crippen MR) is 98.7 cm³/mol. The van der Waals surface area contributed by atoms with Crippen molar-refractivity contribution in [2.75, 3.05) is 38.2 Å². The van der Waals surface area contributed by atoms with Crippen molar-refractivity contribution in [2.24, 2.45) is 0 Å². The SMILES string of the molecule is COc1ccc(CCC(=O)N2CCN(c3ccc4nnnn4n3)CC2)cc1. The number of benzene rings is 1. The first-order valence-electron chi connectivity index (χ1n) is 8.94. The zero-order chi connectivity index (χ0) is 18.6. The van der Waals surface area contributed by atoms with Crippen LogP contribution in [0, 0.1) is 0 Å². The fourth-order valence-electron chi connectivity index (χ4n) is 3.20. The molecule has 0 atom stereocenters. The number of rotatable bonds is 5. The van der Waals surface area contributed by atoms with Crippen molar-refractivity contribution in [3.63, 3.8) is 0 Å². The molecule has 27 heavy (non-hydrogen) atoms. The lowest BCUT2D eigenvalue weighted by Crippen LogP contribution is -2.49. The minimum absolute atomic E-state index is 0.189. The number of fused-ring (bicyclic) bond motifs is 1. The number of carbonyl (C=O) groups excluding carboxylic acids is 1. The lowest BCUT2D eigenvalue weighted by atomic mass is 10.1. The van der Waals surface area contributed by atoms with Gasteiger partial charge in [-0.1, -0.05) is 12.1 Å². The Kier molecular flexibility index (Phi) is 4.82.